The van der Waals surface area contributed by atoms with Crippen molar-refractivity contribution in [2.45, 2.75) is 95.7 Å². The highest BCUT2D eigenvalue weighted by Gasteiger charge is 2.41. The summed E-state index contributed by atoms with van der Waals surface area (Å²) in [6.07, 6.45) is 8.45. The molecule has 0 aromatic carbocycles. The number of rotatable bonds is 18. The fourth-order valence-corrected chi connectivity index (χ4v) is 4.33. The van der Waals surface area contributed by atoms with Gasteiger partial charge in [-0.15, -0.1) is 0 Å². The van der Waals surface area contributed by atoms with E-state index < -0.39 is 12.1 Å². The smallest absolute Gasteiger partial charge is 0.338 e. The molecule has 1 aliphatic carbocycles. The van der Waals surface area contributed by atoms with Crippen LogP contribution in [0.3, 0.4) is 0 Å². The van der Waals surface area contributed by atoms with E-state index in [2.05, 4.69) is 0 Å². The number of hydrogen-bond acceptors (Lipinski definition) is 5. The summed E-state index contributed by atoms with van der Waals surface area (Å²) in [4.78, 5) is 23.0. The van der Waals surface area contributed by atoms with Gasteiger partial charge in [-0.1, -0.05) is 44.9 Å². The van der Waals surface area contributed by atoms with Crippen LogP contribution >= 0.6 is 0 Å². The molecular formula is C22H39FO6. The molecule has 1 saturated carbocycles. The van der Waals surface area contributed by atoms with Crippen molar-refractivity contribution < 1.29 is 34.0 Å². The normalized spacial score (nSPS) is 22.9. The molecule has 0 amide bonds. The monoisotopic (exact) mass is 418 g/mol. The first kappa shape index (κ1) is 26.0. The number of aliphatic carboxylic acids is 1. The lowest BCUT2D eigenvalue weighted by atomic mass is 9.85. The van der Waals surface area contributed by atoms with E-state index in [0.29, 0.717) is 12.8 Å². The Bertz CT molecular complexity index is 459. The zero-order valence-corrected chi connectivity index (χ0v) is 17.6. The number of halogens is 1. The largest absolute Gasteiger partial charge is 0.479 e. The van der Waals surface area contributed by atoms with Crippen LogP contribution in [0.4, 0.5) is 4.39 Å². The summed E-state index contributed by atoms with van der Waals surface area (Å²) in [5.74, 6) is -1.07. The second-order valence-corrected chi connectivity index (χ2v) is 8.15. The Morgan fingerprint density at radius 2 is 1.59 bits per heavy atom. The van der Waals surface area contributed by atoms with Gasteiger partial charge in [0.25, 0.3) is 0 Å². The van der Waals surface area contributed by atoms with Gasteiger partial charge >= 0.3 is 5.97 Å². The van der Waals surface area contributed by atoms with Crippen LogP contribution in [0.25, 0.3) is 0 Å². The zero-order chi connectivity index (χ0) is 21.5. The Labute approximate surface area is 173 Å². The summed E-state index contributed by atoms with van der Waals surface area (Å²) >= 11 is 0. The van der Waals surface area contributed by atoms with Crippen molar-refractivity contribution in [1.29, 1.82) is 0 Å². The zero-order valence-electron chi connectivity index (χ0n) is 17.6. The third-order valence-corrected chi connectivity index (χ3v) is 5.92. The van der Waals surface area contributed by atoms with Crippen LogP contribution in [0, 0.1) is 11.8 Å². The molecule has 1 unspecified atom stereocenters. The number of Topliss-reactive ketones (excluding diaryl/α,β-unsaturated/α-hetero) is 1. The molecule has 0 spiro atoms. The summed E-state index contributed by atoms with van der Waals surface area (Å²) in [5, 5.41) is 26.4. The fraction of sp³-hybridized carbons (Fsp3) is 0.909. The lowest BCUT2D eigenvalue weighted by Crippen LogP contribution is -2.24. The van der Waals surface area contributed by atoms with Crippen molar-refractivity contribution in [2.75, 3.05) is 19.8 Å². The number of carbonyl (C=O) groups is 2. The third-order valence-electron chi connectivity index (χ3n) is 5.92. The van der Waals surface area contributed by atoms with Gasteiger partial charge in [-0.2, -0.15) is 0 Å². The van der Waals surface area contributed by atoms with E-state index in [1.807, 2.05) is 0 Å². The number of carbonyl (C=O) groups excluding carboxylic acids is 1. The van der Waals surface area contributed by atoms with Crippen LogP contribution < -0.4 is 0 Å². The summed E-state index contributed by atoms with van der Waals surface area (Å²) in [6.45, 7) is 0.439. The van der Waals surface area contributed by atoms with Gasteiger partial charge in [-0.3, -0.25) is 4.79 Å². The number of carboxylic acids is 1. The number of ketones is 1. The molecule has 0 saturated heterocycles. The maximum Gasteiger partial charge on any atom is 0.338 e. The SMILES string of the molecule is O=C(O)C(F)CCCCC[C@H]1C(=O)C[C@@H](OCCO)[C@@H]1CCCCCCCCO. The van der Waals surface area contributed by atoms with Crippen molar-refractivity contribution in [1.82, 2.24) is 0 Å². The van der Waals surface area contributed by atoms with Gasteiger partial charge in [0.05, 0.1) is 19.3 Å². The molecule has 1 aliphatic rings. The van der Waals surface area contributed by atoms with Crippen LogP contribution in [-0.2, 0) is 14.3 Å². The van der Waals surface area contributed by atoms with Crippen molar-refractivity contribution in [2.24, 2.45) is 11.8 Å². The van der Waals surface area contributed by atoms with Gasteiger partial charge in [-0.05, 0) is 38.0 Å². The van der Waals surface area contributed by atoms with Gasteiger partial charge in [-0.25, -0.2) is 9.18 Å². The molecule has 170 valence electrons. The van der Waals surface area contributed by atoms with Gasteiger partial charge in [0.2, 0.25) is 0 Å². The van der Waals surface area contributed by atoms with E-state index in [4.69, 9.17) is 20.1 Å². The first-order valence-electron chi connectivity index (χ1n) is 11.2. The molecule has 3 N–H and O–H groups in total. The van der Waals surface area contributed by atoms with Crippen molar-refractivity contribution in [3.8, 4) is 0 Å². The van der Waals surface area contributed by atoms with E-state index in [-0.39, 0.29) is 50.0 Å². The number of ether oxygens (including phenoxy) is 1. The fourth-order valence-electron chi connectivity index (χ4n) is 4.33. The summed E-state index contributed by atoms with van der Waals surface area (Å²) in [6, 6.07) is 0. The first-order valence-corrected chi connectivity index (χ1v) is 11.2. The highest BCUT2D eigenvalue weighted by molar-refractivity contribution is 5.84. The number of carboxylic acid groups (broad SMARTS) is 1. The van der Waals surface area contributed by atoms with Crippen molar-refractivity contribution in [3.63, 3.8) is 0 Å². The Morgan fingerprint density at radius 1 is 0.966 bits per heavy atom. The van der Waals surface area contributed by atoms with Crippen molar-refractivity contribution >= 4 is 11.8 Å². The minimum absolute atomic E-state index is 0.0237. The number of unbranched alkanes of at least 4 members (excludes halogenated alkanes) is 7. The molecule has 6 nitrogen and oxygen atoms in total. The number of aliphatic hydroxyl groups is 2. The molecule has 0 heterocycles. The van der Waals surface area contributed by atoms with Gasteiger partial charge < -0.3 is 20.1 Å². The highest BCUT2D eigenvalue weighted by atomic mass is 19.1. The average molecular weight is 419 g/mol. The first-order chi connectivity index (χ1) is 14.0. The molecule has 0 aromatic heterocycles. The van der Waals surface area contributed by atoms with Crippen LogP contribution in [0.2, 0.25) is 0 Å². The van der Waals surface area contributed by atoms with E-state index in [1.54, 1.807) is 0 Å². The maximum atomic E-state index is 13.1. The van der Waals surface area contributed by atoms with Crippen LogP contribution in [0.1, 0.15) is 83.5 Å². The predicted octanol–water partition coefficient (Wildman–Crippen LogP) is 3.67. The van der Waals surface area contributed by atoms with E-state index in [9.17, 15) is 14.0 Å². The Morgan fingerprint density at radius 3 is 2.24 bits per heavy atom. The number of aliphatic hydroxyl groups excluding tert-OH is 2. The highest BCUT2D eigenvalue weighted by Crippen LogP contribution is 2.38. The van der Waals surface area contributed by atoms with Gasteiger partial charge in [0.1, 0.15) is 5.78 Å². The molecular weight excluding hydrogens is 379 g/mol. The maximum absolute atomic E-state index is 13.1. The van der Waals surface area contributed by atoms with E-state index in [0.717, 1.165) is 64.2 Å². The Balaban J connectivity index is 2.40. The quantitative estimate of drug-likeness (QED) is 0.294. The van der Waals surface area contributed by atoms with Crippen LogP contribution in [0.15, 0.2) is 0 Å². The predicted molar refractivity (Wildman–Crippen MR) is 108 cm³/mol. The van der Waals surface area contributed by atoms with Crippen LogP contribution in [0.5, 0.6) is 0 Å². The van der Waals surface area contributed by atoms with E-state index in [1.165, 1.54) is 0 Å². The second kappa shape index (κ2) is 15.7. The lowest BCUT2D eigenvalue weighted by molar-refractivity contribution is -0.143. The van der Waals surface area contributed by atoms with Gasteiger partial charge in [0, 0.05) is 18.9 Å². The topological polar surface area (TPSA) is 104 Å². The molecule has 0 aromatic rings. The molecule has 0 bridgehead atoms. The van der Waals surface area contributed by atoms with E-state index >= 15 is 0 Å². The minimum atomic E-state index is -1.80. The lowest BCUT2D eigenvalue weighted by Gasteiger charge is -2.24. The molecule has 1 fully saturated rings. The number of hydrogen-bond donors (Lipinski definition) is 3. The molecule has 1 rings (SSSR count). The summed E-state index contributed by atoms with van der Waals surface area (Å²) < 4.78 is 18.9. The molecule has 7 heteroatoms. The molecule has 4 atom stereocenters. The molecule has 0 aliphatic heterocycles. The summed E-state index contributed by atoms with van der Waals surface area (Å²) in [5.41, 5.74) is 0. The third kappa shape index (κ3) is 10.5. The number of alkyl halides is 1. The van der Waals surface area contributed by atoms with Crippen molar-refractivity contribution in [3.05, 3.63) is 0 Å². The molecule has 0 radical (unpaired) electrons. The second-order valence-electron chi connectivity index (χ2n) is 8.15. The molecule has 29 heavy (non-hydrogen) atoms. The van der Waals surface area contributed by atoms with Gasteiger partial charge in [0.15, 0.2) is 6.17 Å². The Hall–Kier alpha value is -1.05. The summed E-state index contributed by atoms with van der Waals surface area (Å²) in [7, 11) is 0. The minimum Gasteiger partial charge on any atom is -0.479 e. The Kier molecular flexibility index (Phi) is 14.1. The average Bonchev–Trinajstić information content (AvgIpc) is 2.99. The standard InChI is InChI=1S/C22H39FO6/c23-19(22(27)28)12-8-5-7-10-17-18(11-6-3-1-2-4-9-13-24)21(16-20(17)26)29-15-14-25/h17-19,21,24-25H,1-16H2,(H,27,28)/t17-,18-,19?,21-/m1/s1. The van der Waals surface area contributed by atoms with Crippen LogP contribution in [-0.4, -0.2) is 59.2 Å².